The third-order valence-corrected chi connectivity index (χ3v) is 4.12. The first-order valence-corrected chi connectivity index (χ1v) is 6.75. The number of halogens is 1. The molecule has 0 saturated carbocycles. The van der Waals surface area contributed by atoms with E-state index in [2.05, 4.69) is 26.2 Å². The molecule has 1 aliphatic rings. The Bertz CT molecular complexity index is 410. The Hall–Kier alpha value is -0.820. The molecule has 1 aliphatic heterocycles. The lowest BCUT2D eigenvalue weighted by Crippen LogP contribution is -2.19. The number of rotatable bonds is 3. The molecule has 0 radical (unpaired) electrons. The van der Waals surface area contributed by atoms with Crippen molar-refractivity contribution in [2.24, 2.45) is 0 Å². The van der Waals surface area contributed by atoms with Gasteiger partial charge in [0.1, 0.15) is 11.9 Å². The van der Waals surface area contributed by atoms with Crippen LogP contribution in [0.2, 0.25) is 0 Å². The average molecular weight is 304 g/mol. The molecule has 2 rings (SSSR count). The third-order valence-electron chi connectivity index (χ3n) is 2.35. The van der Waals surface area contributed by atoms with E-state index in [9.17, 15) is 10.1 Å². The number of hydrogen-bond acceptors (Lipinski definition) is 5. The third kappa shape index (κ3) is 2.46. The predicted octanol–water partition coefficient (Wildman–Crippen LogP) is 2.67. The zero-order valence-electron chi connectivity index (χ0n) is 8.35. The van der Waals surface area contributed by atoms with Gasteiger partial charge in [-0.1, -0.05) is 0 Å². The largest absolute Gasteiger partial charge is 0.375 e. The molecule has 7 heteroatoms. The first kappa shape index (κ1) is 11.7. The van der Waals surface area contributed by atoms with Crippen molar-refractivity contribution in [2.75, 3.05) is 16.8 Å². The summed E-state index contributed by atoms with van der Waals surface area (Å²) in [7, 11) is 0. The smallest absolute Gasteiger partial charge is 0.311 e. The predicted molar refractivity (Wildman–Crippen MR) is 67.9 cm³/mol. The maximum atomic E-state index is 10.8. The molecule has 16 heavy (non-hydrogen) atoms. The fourth-order valence-corrected chi connectivity index (χ4v) is 3.15. The Morgan fingerprint density at radius 1 is 1.62 bits per heavy atom. The van der Waals surface area contributed by atoms with Gasteiger partial charge in [0.25, 0.3) is 0 Å². The van der Waals surface area contributed by atoms with Gasteiger partial charge >= 0.3 is 5.69 Å². The van der Waals surface area contributed by atoms with E-state index in [1.807, 2.05) is 11.8 Å². The van der Waals surface area contributed by atoms with E-state index in [1.165, 1.54) is 6.20 Å². The maximum Gasteiger partial charge on any atom is 0.311 e. The number of aromatic nitrogens is 1. The van der Waals surface area contributed by atoms with Gasteiger partial charge in [-0.15, -0.1) is 0 Å². The molecule has 0 bridgehead atoms. The Morgan fingerprint density at radius 3 is 3.06 bits per heavy atom. The first-order valence-electron chi connectivity index (χ1n) is 4.80. The van der Waals surface area contributed by atoms with Gasteiger partial charge in [-0.2, -0.15) is 11.8 Å². The van der Waals surface area contributed by atoms with Crippen molar-refractivity contribution in [2.45, 2.75) is 12.5 Å². The van der Waals surface area contributed by atoms with Crippen LogP contribution in [0.3, 0.4) is 0 Å². The van der Waals surface area contributed by atoms with E-state index in [0.29, 0.717) is 16.2 Å². The average Bonchev–Trinajstić information content (AvgIpc) is 2.73. The lowest BCUT2D eigenvalue weighted by molar-refractivity contribution is -0.384. The first-order chi connectivity index (χ1) is 7.68. The van der Waals surface area contributed by atoms with E-state index >= 15 is 0 Å². The second kappa shape index (κ2) is 5.01. The van der Waals surface area contributed by atoms with Crippen LogP contribution in [0.4, 0.5) is 11.4 Å². The van der Waals surface area contributed by atoms with Gasteiger partial charge in [-0.05, 0) is 28.1 Å². The van der Waals surface area contributed by atoms with Gasteiger partial charge in [-0.3, -0.25) is 15.1 Å². The SMILES string of the molecule is O=[N+]([O-])c1cncc(Br)c1NC1CCSC1. The van der Waals surface area contributed by atoms with Crippen molar-refractivity contribution >= 4 is 39.1 Å². The van der Waals surface area contributed by atoms with Gasteiger partial charge in [-0.25, -0.2) is 0 Å². The highest BCUT2D eigenvalue weighted by atomic mass is 79.9. The standard InChI is InChI=1S/C9H10BrN3O2S/c10-7-3-11-4-8(13(14)15)9(7)12-6-1-2-16-5-6/h3-4,6H,1-2,5H2,(H,11,12). The van der Waals surface area contributed by atoms with Gasteiger partial charge in [0.15, 0.2) is 0 Å². The lowest BCUT2D eigenvalue weighted by atomic mass is 10.2. The second-order valence-corrected chi connectivity index (χ2v) is 5.48. The minimum Gasteiger partial charge on any atom is -0.375 e. The van der Waals surface area contributed by atoms with Gasteiger partial charge in [0.05, 0.1) is 9.40 Å². The van der Waals surface area contributed by atoms with E-state index < -0.39 is 4.92 Å². The molecule has 1 atom stereocenters. The molecule has 1 N–H and O–H groups in total. The van der Waals surface area contributed by atoms with Gasteiger partial charge in [0.2, 0.25) is 0 Å². The Balaban J connectivity index is 2.26. The molecule has 5 nitrogen and oxygen atoms in total. The fraction of sp³-hybridized carbons (Fsp3) is 0.444. The van der Waals surface area contributed by atoms with Crippen LogP contribution in [0.25, 0.3) is 0 Å². The van der Waals surface area contributed by atoms with Crippen molar-refractivity contribution < 1.29 is 4.92 Å². The second-order valence-electron chi connectivity index (χ2n) is 3.48. The van der Waals surface area contributed by atoms with Crippen molar-refractivity contribution in [1.29, 1.82) is 0 Å². The summed E-state index contributed by atoms with van der Waals surface area (Å²) >= 11 is 5.14. The number of thioether (sulfide) groups is 1. The Morgan fingerprint density at radius 2 is 2.44 bits per heavy atom. The number of hydrogen-bond donors (Lipinski definition) is 1. The van der Waals surface area contributed by atoms with Crippen LogP contribution >= 0.6 is 27.7 Å². The number of nitrogens with zero attached hydrogens (tertiary/aromatic N) is 2. The summed E-state index contributed by atoms with van der Waals surface area (Å²) < 4.78 is 0.638. The minimum atomic E-state index is -0.414. The molecule has 2 heterocycles. The summed E-state index contributed by atoms with van der Waals surface area (Å²) in [5.74, 6) is 2.10. The van der Waals surface area contributed by atoms with Crippen LogP contribution in [-0.2, 0) is 0 Å². The monoisotopic (exact) mass is 303 g/mol. The van der Waals surface area contributed by atoms with Crippen molar-refractivity contribution in [3.63, 3.8) is 0 Å². The van der Waals surface area contributed by atoms with Crippen LogP contribution in [-0.4, -0.2) is 27.5 Å². The zero-order chi connectivity index (χ0) is 11.5. The Kier molecular flexibility index (Phi) is 3.65. The normalized spacial score (nSPS) is 19.7. The van der Waals surface area contributed by atoms with Crippen LogP contribution in [0.5, 0.6) is 0 Å². The molecular formula is C9H10BrN3O2S. The number of nitrogens with one attached hydrogen (secondary N) is 1. The molecule has 86 valence electrons. The molecular weight excluding hydrogens is 294 g/mol. The zero-order valence-corrected chi connectivity index (χ0v) is 10.8. The topological polar surface area (TPSA) is 68.1 Å². The summed E-state index contributed by atoms with van der Waals surface area (Å²) in [5.41, 5.74) is 0.554. The summed E-state index contributed by atoms with van der Waals surface area (Å²) in [6.07, 6.45) is 3.88. The highest BCUT2D eigenvalue weighted by Gasteiger charge is 2.22. The molecule has 1 aromatic rings. The van der Waals surface area contributed by atoms with Crippen LogP contribution < -0.4 is 5.32 Å². The van der Waals surface area contributed by atoms with E-state index in [0.717, 1.165) is 17.9 Å². The van der Waals surface area contributed by atoms with Crippen molar-refractivity contribution in [1.82, 2.24) is 4.98 Å². The van der Waals surface area contributed by atoms with Gasteiger partial charge in [0, 0.05) is 18.0 Å². The van der Waals surface area contributed by atoms with Gasteiger partial charge < -0.3 is 5.32 Å². The number of pyridine rings is 1. The van der Waals surface area contributed by atoms with E-state index in [4.69, 9.17) is 0 Å². The lowest BCUT2D eigenvalue weighted by Gasteiger charge is -2.13. The molecule has 1 aromatic heterocycles. The molecule has 0 amide bonds. The highest BCUT2D eigenvalue weighted by molar-refractivity contribution is 9.10. The van der Waals surface area contributed by atoms with Crippen LogP contribution in [0, 0.1) is 10.1 Å². The molecule has 1 unspecified atom stereocenters. The summed E-state index contributed by atoms with van der Waals surface area (Å²) in [6, 6.07) is 0.308. The summed E-state index contributed by atoms with van der Waals surface area (Å²) in [6.45, 7) is 0. The fourth-order valence-electron chi connectivity index (χ4n) is 1.56. The van der Waals surface area contributed by atoms with Crippen molar-refractivity contribution in [3.05, 3.63) is 27.0 Å². The summed E-state index contributed by atoms with van der Waals surface area (Å²) in [5, 5.41) is 14.1. The van der Waals surface area contributed by atoms with E-state index in [1.54, 1.807) is 6.20 Å². The molecule has 0 spiro atoms. The van der Waals surface area contributed by atoms with Crippen molar-refractivity contribution in [3.8, 4) is 0 Å². The molecule has 0 aromatic carbocycles. The number of nitro groups is 1. The summed E-state index contributed by atoms with van der Waals surface area (Å²) in [4.78, 5) is 14.2. The minimum absolute atomic E-state index is 0.0197. The molecule has 1 saturated heterocycles. The number of anilines is 1. The Labute approximate surface area is 105 Å². The van der Waals surface area contributed by atoms with E-state index in [-0.39, 0.29) is 5.69 Å². The highest BCUT2D eigenvalue weighted by Crippen LogP contribution is 2.33. The quantitative estimate of drug-likeness (QED) is 0.687. The maximum absolute atomic E-state index is 10.8. The van der Waals surface area contributed by atoms with Crippen LogP contribution in [0.15, 0.2) is 16.9 Å². The molecule has 0 aliphatic carbocycles. The molecule has 1 fully saturated rings. The van der Waals surface area contributed by atoms with Crippen LogP contribution in [0.1, 0.15) is 6.42 Å².